The highest BCUT2D eigenvalue weighted by molar-refractivity contribution is 7.92. The van der Waals surface area contributed by atoms with Crippen LogP contribution in [0.25, 0.3) is 0 Å². The van der Waals surface area contributed by atoms with E-state index in [0.717, 1.165) is 16.7 Å². The monoisotopic (exact) mass is 462 g/mol. The molecular weight excluding hydrogens is 443 g/mol. The summed E-state index contributed by atoms with van der Waals surface area (Å²) in [5, 5.41) is 3.24. The van der Waals surface area contributed by atoms with Gasteiger partial charge in [-0.25, -0.2) is 8.42 Å². The summed E-state index contributed by atoms with van der Waals surface area (Å²) < 4.78 is 28.5. The smallest absolute Gasteiger partial charge is 0.263 e. The summed E-state index contributed by atoms with van der Waals surface area (Å²) >= 11 is 12.2. The third-order valence-corrected chi connectivity index (χ3v) is 7.02. The van der Waals surface area contributed by atoms with E-state index >= 15 is 0 Å². The van der Waals surface area contributed by atoms with Crippen LogP contribution in [-0.4, -0.2) is 14.3 Å². The van der Waals surface area contributed by atoms with E-state index in [9.17, 15) is 13.2 Å². The molecule has 0 aliphatic heterocycles. The Kier molecular flexibility index (Phi) is 6.41. The molecule has 0 aromatic heterocycles. The van der Waals surface area contributed by atoms with E-state index in [-0.39, 0.29) is 15.5 Å². The van der Waals surface area contributed by atoms with Gasteiger partial charge in [0.25, 0.3) is 15.9 Å². The Bertz CT molecular complexity index is 1240. The van der Waals surface area contributed by atoms with Gasteiger partial charge in [-0.3, -0.25) is 9.52 Å². The first-order valence-electron chi connectivity index (χ1n) is 9.04. The van der Waals surface area contributed by atoms with Crippen molar-refractivity contribution in [3.05, 3.63) is 86.9 Å². The lowest BCUT2D eigenvalue weighted by Gasteiger charge is -2.14. The van der Waals surface area contributed by atoms with Crippen molar-refractivity contribution >= 4 is 50.5 Å². The van der Waals surface area contributed by atoms with Gasteiger partial charge in [0.05, 0.1) is 10.7 Å². The van der Waals surface area contributed by atoms with Gasteiger partial charge in [0, 0.05) is 16.3 Å². The van der Waals surface area contributed by atoms with Gasteiger partial charge in [-0.2, -0.15) is 0 Å². The zero-order chi connectivity index (χ0) is 22.1. The minimum atomic E-state index is -4.01. The van der Waals surface area contributed by atoms with Gasteiger partial charge in [0.15, 0.2) is 0 Å². The maximum absolute atomic E-state index is 13.0. The van der Waals surface area contributed by atoms with Crippen LogP contribution in [0.5, 0.6) is 0 Å². The second-order valence-electron chi connectivity index (χ2n) is 6.92. The molecule has 0 spiro atoms. The fourth-order valence-electron chi connectivity index (χ4n) is 2.79. The van der Waals surface area contributed by atoms with Crippen molar-refractivity contribution < 1.29 is 13.2 Å². The number of aryl methyl sites for hydroxylation is 2. The van der Waals surface area contributed by atoms with Crippen molar-refractivity contribution in [2.24, 2.45) is 0 Å². The molecule has 0 radical (unpaired) electrons. The molecule has 0 bridgehead atoms. The Balaban J connectivity index is 1.91. The van der Waals surface area contributed by atoms with E-state index < -0.39 is 15.9 Å². The second kappa shape index (κ2) is 8.68. The molecule has 0 fully saturated rings. The lowest BCUT2D eigenvalue weighted by atomic mass is 10.1. The fourth-order valence-corrected chi connectivity index (χ4v) is 4.62. The van der Waals surface area contributed by atoms with Gasteiger partial charge in [-0.05, 0) is 73.9 Å². The topological polar surface area (TPSA) is 75.3 Å². The SMILES string of the molecule is Cc1ccc(NC(=O)c2ccc(Cl)c(S(=O)(=O)Nc3cccc(C)c3C)c2)cc1Cl. The molecule has 0 unspecified atom stereocenters. The minimum Gasteiger partial charge on any atom is -0.322 e. The van der Waals surface area contributed by atoms with Crippen LogP contribution in [0.3, 0.4) is 0 Å². The molecule has 0 saturated carbocycles. The first-order chi connectivity index (χ1) is 14.1. The summed E-state index contributed by atoms with van der Waals surface area (Å²) in [6, 6.07) is 14.6. The van der Waals surface area contributed by atoms with Crippen molar-refractivity contribution in [1.29, 1.82) is 0 Å². The molecule has 1 amide bonds. The van der Waals surface area contributed by atoms with Crippen LogP contribution < -0.4 is 10.0 Å². The maximum Gasteiger partial charge on any atom is 0.263 e. The van der Waals surface area contributed by atoms with Crippen LogP contribution >= 0.6 is 23.2 Å². The molecule has 0 atom stereocenters. The van der Waals surface area contributed by atoms with Crippen LogP contribution in [0.4, 0.5) is 11.4 Å². The van der Waals surface area contributed by atoms with Crippen molar-refractivity contribution in [3.8, 4) is 0 Å². The second-order valence-corrected chi connectivity index (χ2v) is 9.38. The van der Waals surface area contributed by atoms with E-state index in [4.69, 9.17) is 23.2 Å². The van der Waals surface area contributed by atoms with Crippen molar-refractivity contribution in [1.82, 2.24) is 0 Å². The van der Waals surface area contributed by atoms with E-state index in [1.807, 2.05) is 26.8 Å². The predicted molar refractivity (Wildman–Crippen MR) is 122 cm³/mol. The summed E-state index contributed by atoms with van der Waals surface area (Å²) in [4.78, 5) is 12.5. The third-order valence-electron chi connectivity index (χ3n) is 4.76. The zero-order valence-corrected chi connectivity index (χ0v) is 18.9. The highest BCUT2D eigenvalue weighted by atomic mass is 35.5. The third kappa shape index (κ3) is 4.78. The van der Waals surface area contributed by atoms with Crippen molar-refractivity contribution in [3.63, 3.8) is 0 Å². The maximum atomic E-state index is 13.0. The minimum absolute atomic E-state index is 0.0164. The zero-order valence-electron chi connectivity index (χ0n) is 16.6. The van der Waals surface area contributed by atoms with E-state index in [1.165, 1.54) is 18.2 Å². The number of anilines is 2. The Morgan fingerprint density at radius 1 is 0.867 bits per heavy atom. The van der Waals surface area contributed by atoms with E-state index in [2.05, 4.69) is 10.0 Å². The highest BCUT2D eigenvalue weighted by Crippen LogP contribution is 2.28. The molecule has 0 aliphatic rings. The summed E-state index contributed by atoms with van der Waals surface area (Å²) in [6.45, 7) is 5.57. The van der Waals surface area contributed by atoms with Crippen LogP contribution in [0.2, 0.25) is 10.0 Å². The molecule has 2 N–H and O–H groups in total. The molecule has 0 aliphatic carbocycles. The highest BCUT2D eigenvalue weighted by Gasteiger charge is 2.21. The van der Waals surface area contributed by atoms with Crippen molar-refractivity contribution in [2.75, 3.05) is 10.0 Å². The number of halogens is 2. The largest absolute Gasteiger partial charge is 0.322 e. The molecule has 0 saturated heterocycles. The molecule has 3 rings (SSSR count). The summed E-state index contributed by atoms with van der Waals surface area (Å²) in [7, 11) is -4.01. The predicted octanol–water partition coefficient (Wildman–Crippen LogP) is 5.97. The molecule has 3 aromatic carbocycles. The number of sulfonamides is 1. The summed E-state index contributed by atoms with van der Waals surface area (Å²) in [5.74, 6) is -0.477. The number of carbonyl (C=O) groups excluding carboxylic acids is 1. The molecular formula is C22H20Cl2N2O3S. The number of amides is 1. The fraction of sp³-hybridized carbons (Fsp3) is 0.136. The lowest BCUT2D eigenvalue weighted by Crippen LogP contribution is -2.17. The van der Waals surface area contributed by atoms with Crippen LogP contribution in [-0.2, 0) is 10.0 Å². The molecule has 0 heterocycles. The Hall–Kier alpha value is -2.54. The molecule has 5 nitrogen and oxygen atoms in total. The lowest BCUT2D eigenvalue weighted by molar-refractivity contribution is 0.102. The average Bonchev–Trinajstić information content (AvgIpc) is 2.68. The molecule has 156 valence electrons. The molecule has 3 aromatic rings. The Morgan fingerprint density at radius 3 is 2.30 bits per heavy atom. The quantitative estimate of drug-likeness (QED) is 0.490. The Labute approximate surface area is 186 Å². The number of carbonyl (C=O) groups is 1. The number of hydrogen-bond donors (Lipinski definition) is 2. The van der Waals surface area contributed by atoms with Gasteiger partial charge >= 0.3 is 0 Å². The molecule has 30 heavy (non-hydrogen) atoms. The first-order valence-corrected chi connectivity index (χ1v) is 11.3. The van der Waals surface area contributed by atoms with E-state index in [1.54, 1.807) is 30.3 Å². The van der Waals surface area contributed by atoms with Crippen LogP contribution in [0.1, 0.15) is 27.0 Å². The number of rotatable bonds is 5. The van der Waals surface area contributed by atoms with E-state index in [0.29, 0.717) is 16.4 Å². The standard InChI is InChI=1S/C22H20Cl2N2O3S/c1-13-5-4-6-20(15(13)3)26-30(28,29)21-11-16(8-10-18(21)23)22(27)25-17-9-7-14(2)19(24)12-17/h4-12,26H,1-3H3,(H,25,27). The molecule has 8 heteroatoms. The first kappa shape index (κ1) is 22.2. The Morgan fingerprint density at radius 2 is 1.60 bits per heavy atom. The average molecular weight is 463 g/mol. The van der Waals surface area contributed by atoms with Crippen molar-refractivity contribution in [2.45, 2.75) is 25.7 Å². The number of benzene rings is 3. The van der Waals surface area contributed by atoms with Crippen LogP contribution in [0.15, 0.2) is 59.5 Å². The van der Waals surface area contributed by atoms with Gasteiger partial charge in [0.1, 0.15) is 4.90 Å². The normalized spacial score (nSPS) is 11.2. The van der Waals surface area contributed by atoms with Gasteiger partial charge in [-0.15, -0.1) is 0 Å². The van der Waals surface area contributed by atoms with Gasteiger partial charge < -0.3 is 5.32 Å². The summed E-state index contributed by atoms with van der Waals surface area (Å²) in [5.41, 5.74) is 3.75. The summed E-state index contributed by atoms with van der Waals surface area (Å²) in [6.07, 6.45) is 0. The van der Waals surface area contributed by atoms with Gasteiger partial charge in [-0.1, -0.05) is 41.4 Å². The number of hydrogen-bond acceptors (Lipinski definition) is 3. The van der Waals surface area contributed by atoms with Crippen LogP contribution in [0, 0.1) is 20.8 Å². The van der Waals surface area contributed by atoms with Gasteiger partial charge in [0.2, 0.25) is 0 Å². The number of nitrogens with one attached hydrogen (secondary N) is 2.